The molecule has 0 saturated heterocycles. The number of hydrogen-bond acceptors (Lipinski definition) is 4. The standard InChI is InChI=1S/C19H28N4OS/c1-5-20-19(23-13-18-22-12-15(4)25-18)21-10-11-24-17-8-6-16(7-9-17)14(2)3/h6-9,12,14H,5,10-11,13H2,1-4H3,(H2,20,21,23). The van der Waals surface area contributed by atoms with Crippen LogP contribution >= 0.6 is 11.3 Å². The summed E-state index contributed by atoms with van der Waals surface area (Å²) < 4.78 is 5.78. The van der Waals surface area contributed by atoms with E-state index in [-0.39, 0.29) is 0 Å². The Bertz CT molecular complexity index is 664. The predicted molar refractivity (Wildman–Crippen MR) is 106 cm³/mol. The van der Waals surface area contributed by atoms with Crippen molar-refractivity contribution in [1.29, 1.82) is 0 Å². The number of aliphatic imine (C=N–C) groups is 1. The molecule has 0 unspecified atom stereocenters. The first kappa shape index (κ1) is 19.2. The number of rotatable bonds is 8. The summed E-state index contributed by atoms with van der Waals surface area (Å²) in [4.78, 5) is 10.1. The lowest BCUT2D eigenvalue weighted by Gasteiger charge is -2.12. The molecule has 1 aromatic heterocycles. The van der Waals surface area contributed by atoms with Crippen molar-refractivity contribution >= 4 is 17.3 Å². The number of benzene rings is 1. The Kier molecular flexibility index (Phi) is 7.73. The van der Waals surface area contributed by atoms with Crippen molar-refractivity contribution in [2.24, 2.45) is 4.99 Å². The van der Waals surface area contributed by atoms with Crippen LogP contribution in [0.25, 0.3) is 0 Å². The minimum atomic E-state index is 0.538. The fraction of sp³-hybridized carbons (Fsp3) is 0.474. The Labute approximate surface area is 154 Å². The molecule has 0 aliphatic rings. The highest BCUT2D eigenvalue weighted by molar-refractivity contribution is 7.11. The van der Waals surface area contributed by atoms with E-state index < -0.39 is 0 Å². The van der Waals surface area contributed by atoms with Crippen LogP contribution in [-0.2, 0) is 6.54 Å². The van der Waals surface area contributed by atoms with E-state index >= 15 is 0 Å². The second-order valence-corrected chi connectivity index (χ2v) is 7.38. The van der Waals surface area contributed by atoms with Gasteiger partial charge in [-0.3, -0.25) is 0 Å². The third kappa shape index (κ3) is 6.74. The molecule has 0 aliphatic carbocycles. The third-order valence-electron chi connectivity index (χ3n) is 3.60. The molecule has 1 heterocycles. The fourth-order valence-electron chi connectivity index (χ4n) is 2.25. The molecule has 25 heavy (non-hydrogen) atoms. The summed E-state index contributed by atoms with van der Waals surface area (Å²) in [6, 6.07) is 8.29. The minimum Gasteiger partial charge on any atom is -0.492 e. The number of thiazole rings is 1. The topological polar surface area (TPSA) is 58.5 Å². The van der Waals surface area contributed by atoms with Crippen molar-refractivity contribution in [3.8, 4) is 5.75 Å². The van der Waals surface area contributed by atoms with Crippen LogP contribution in [0.15, 0.2) is 35.5 Å². The highest BCUT2D eigenvalue weighted by Crippen LogP contribution is 2.18. The van der Waals surface area contributed by atoms with E-state index in [2.05, 4.69) is 60.4 Å². The lowest BCUT2D eigenvalue weighted by molar-refractivity contribution is 0.322. The first-order valence-electron chi connectivity index (χ1n) is 8.74. The molecule has 0 fully saturated rings. The van der Waals surface area contributed by atoms with Gasteiger partial charge in [0.1, 0.15) is 17.4 Å². The van der Waals surface area contributed by atoms with Gasteiger partial charge in [0.2, 0.25) is 0 Å². The van der Waals surface area contributed by atoms with Crippen molar-refractivity contribution in [3.05, 3.63) is 45.9 Å². The number of aromatic nitrogens is 1. The van der Waals surface area contributed by atoms with Gasteiger partial charge in [0.05, 0.1) is 13.1 Å². The molecule has 0 saturated carbocycles. The molecule has 6 heteroatoms. The molecule has 2 rings (SSSR count). The van der Waals surface area contributed by atoms with Crippen molar-refractivity contribution in [1.82, 2.24) is 15.6 Å². The fourth-order valence-corrected chi connectivity index (χ4v) is 2.96. The van der Waals surface area contributed by atoms with E-state index in [4.69, 9.17) is 4.74 Å². The van der Waals surface area contributed by atoms with Crippen molar-refractivity contribution < 1.29 is 4.74 Å². The highest BCUT2D eigenvalue weighted by atomic mass is 32.1. The summed E-state index contributed by atoms with van der Waals surface area (Å²) in [6.45, 7) is 11.2. The Morgan fingerprint density at radius 1 is 1.24 bits per heavy atom. The van der Waals surface area contributed by atoms with E-state index in [0.717, 1.165) is 23.3 Å². The van der Waals surface area contributed by atoms with Crippen molar-refractivity contribution in [3.63, 3.8) is 0 Å². The molecule has 0 aliphatic heterocycles. The van der Waals surface area contributed by atoms with Gasteiger partial charge in [0, 0.05) is 17.6 Å². The molecular weight excluding hydrogens is 332 g/mol. The van der Waals surface area contributed by atoms with Crippen LogP contribution < -0.4 is 15.4 Å². The van der Waals surface area contributed by atoms with Gasteiger partial charge in [-0.1, -0.05) is 26.0 Å². The molecule has 0 spiro atoms. The summed E-state index contributed by atoms with van der Waals surface area (Å²) in [7, 11) is 0. The van der Waals surface area contributed by atoms with Crippen LogP contribution in [0.2, 0.25) is 0 Å². The SMILES string of the molecule is CCNC(=NCc1ncc(C)s1)NCCOc1ccc(C(C)C)cc1. The molecule has 1 aromatic carbocycles. The Hall–Kier alpha value is -2.08. The molecule has 0 radical (unpaired) electrons. The van der Waals surface area contributed by atoms with Crippen LogP contribution in [0.3, 0.4) is 0 Å². The average Bonchev–Trinajstić information content (AvgIpc) is 3.02. The van der Waals surface area contributed by atoms with Crippen LogP contribution in [0.4, 0.5) is 0 Å². The quantitative estimate of drug-likeness (QED) is 0.428. The largest absolute Gasteiger partial charge is 0.492 e. The maximum Gasteiger partial charge on any atom is 0.191 e. The second kappa shape index (κ2) is 10.0. The van der Waals surface area contributed by atoms with E-state index in [1.165, 1.54) is 10.4 Å². The number of aryl methyl sites for hydroxylation is 1. The average molecular weight is 361 g/mol. The Morgan fingerprint density at radius 3 is 2.60 bits per heavy atom. The van der Waals surface area contributed by atoms with Gasteiger partial charge in [-0.05, 0) is 37.5 Å². The number of hydrogen-bond donors (Lipinski definition) is 2. The van der Waals surface area contributed by atoms with Gasteiger partial charge >= 0.3 is 0 Å². The molecule has 0 atom stereocenters. The summed E-state index contributed by atoms with van der Waals surface area (Å²) in [5.41, 5.74) is 1.32. The van der Waals surface area contributed by atoms with E-state index in [0.29, 0.717) is 25.6 Å². The monoisotopic (exact) mass is 360 g/mol. The first-order valence-corrected chi connectivity index (χ1v) is 9.56. The number of guanidine groups is 1. The third-order valence-corrected chi connectivity index (χ3v) is 4.49. The number of ether oxygens (including phenoxy) is 1. The van der Waals surface area contributed by atoms with Crippen LogP contribution in [0.5, 0.6) is 5.75 Å². The molecule has 136 valence electrons. The molecule has 2 N–H and O–H groups in total. The van der Waals surface area contributed by atoms with Gasteiger partial charge in [0.15, 0.2) is 5.96 Å². The van der Waals surface area contributed by atoms with Gasteiger partial charge in [-0.2, -0.15) is 0 Å². The zero-order valence-electron chi connectivity index (χ0n) is 15.5. The molecule has 0 amide bonds. The van der Waals surface area contributed by atoms with Crippen molar-refractivity contribution in [2.75, 3.05) is 19.7 Å². The summed E-state index contributed by atoms with van der Waals surface area (Å²) in [6.07, 6.45) is 1.88. The zero-order chi connectivity index (χ0) is 18.1. The van der Waals surface area contributed by atoms with E-state index in [9.17, 15) is 0 Å². The van der Waals surface area contributed by atoms with Crippen LogP contribution in [0, 0.1) is 6.92 Å². The maximum absolute atomic E-state index is 5.78. The van der Waals surface area contributed by atoms with Gasteiger partial charge in [-0.15, -0.1) is 11.3 Å². The van der Waals surface area contributed by atoms with Gasteiger partial charge < -0.3 is 15.4 Å². The zero-order valence-corrected chi connectivity index (χ0v) is 16.3. The van der Waals surface area contributed by atoms with Gasteiger partial charge in [-0.25, -0.2) is 9.98 Å². The lowest BCUT2D eigenvalue weighted by atomic mass is 10.0. The normalized spacial score (nSPS) is 11.6. The minimum absolute atomic E-state index is 0.538. The summed E-state index contributed by atoms with van der Waals surface area (Å²) in [5, 5.41) is 7.55. The van der Waals surface area contributed by atoms with Crippen LogP contribution in [-0.4, -0.2) is 30.6 Å². The number of nitrogens with one attached hydrogen (secondary N) is 2. The predicted octanol–water partition coefficient (Wildman–Crippen LogP) is 3.71. The molecule has 2 aromatic rings. The summed E-state index contributed by atoms with van der Waals surface area (Å²) in [5.74, 6) is 2.22. The highest BCUT2D eigenvalue weighted by Gasteiger charge is 2.02. The van der Waals surface area contributed by atoms with Crippen LogP contribution in [0.1, 0.15) is 42.1 Å². The first-order chi connectivity index (χ1) is 12.1. The maximum atomic E-state index is 5.78. The number of nitrogens with zero attached hydrogens (tertiary/aromatic N) is 2. The second-order valence-electron chi connectivity index (χ2n) is 6.06. The molecule has 5 nitrogen and oxygen atoms in total. The lowest BCUT2D eigenvalue weighted by Crippen LogP contribution is -2.39. The van der Waals surface area contributed by atoms with E-state index in [1.54, 1.807) is 11.3 Å². The Balaban J connectivity index is 1.76. The van der Waals surface area contributed by atoms with Crippen molar-refractivity contribution in [2.45, 2.75) is 40.2 Å². The Morgan fingerprint density at radius 2 is 2.00 bits per heavy atom. The molecule has 0 bridgehead atoms. The summed E-state index contributed by atoms with van der Waals surface area (Å²) >= 11 is 1.68. The van der Waals surface area contributed by atoms with Gasteiger partial charge in [0.25, 0.3) is 0 Å². The smallest absolute Gasteiger partial charge is 0.191 e. The van der Waals surface area contributed by atoms with E-state index in [1.807, 2.05) is 18.3 Å². The molecular formula is C19H28N4OS.